The number of nitrogens with one attached hydrogen (secondary N) is 2. The molecule has 4 nitrogen and oxygen atoms in total. The summed E-state index contributed by atoms with van der Waals surface area (Å²) in [5.41, 5.74) is -0.287. The number of alkyl carbamates (subject to hydrolysis) is 1. The lowest BCUT2D eigenvalue weighted by Crippen LogP contribution is -2.45. The van der Waals surface area contributed by atoms with Crippen molar-refractivity contribution < 1.29 is 9.53 Å². The van der Waals surface area contributed by atoms with E-state index in [1.54, 1.807) is 0 Å². The van der Waals surface area contributed by atoms with Gasteiger partial charge in [0.05, 0.1) is 0 Å². The van der Waals surface area contributed by atoms with Crippen LogP contribution < -0.4 is 10.6 Å². The van der Waals surface area contributed by atoms with Crippen molar-refractivity contribution in [2.24, 2.45) is 0 Å². The number of ether oxygens (including phenoxy) is 1. The van der Waals surface area contributed by atoms with E-state index in [0.717, 1.165) is 25.9 Å². The molecule has 0 atom stereocenters. The van der Waals surface area contributed by atoms with Gasteiger partial charge in [-0.25, -0.2) is 4.79 Å². The summed E-state index contributed by atoms with van der Waals surface area (Å²) in [6, 6.07) is 0.132. The largest absolute Gasteiger partial charge is 0.443 e. The lowest BCUT2D eigenvalue weighted by Gasteiger charge is -2.33. The van der Waals surface area contributed by atoms with Gasteiger partial charge in [0.2, 0.25) is 0 Å². The fourth-order valence-corrected chi connectivity index (χ4v) is 1.55. The molecule has 0 bridgehead atoms. The van der Waals surface area contributed by atoms with Crippen LogP contribution in [0.1, 0.15) is 33.6 Å². The Morgan fingerprint density at radius 3 is 2.50 bits per heavy atom. The number of carbonyl (C=O) groups excluding carboxylic acids is 1. The molecule has 0 aromatic heterocycles. The smallest absolute Gasteiger partial charge is 0.407 e. The minimum absolute atomic E-state index is 0.132. The zero-order chi connectivity index (χ0) is 10.6. The quantitative estimate of drug-likeness (QED) is 0.705. The summed E-state index contributed by atoms with van der Waals surface area (Å²) in [6.07, 6.45) is 1.47. The molecule has 0 unspecified atom stereocenters. The molecule has 1 fully saturated rings. The fourth-order valence-electron chi connectivity index (χ4n) is 1.55. The molecule has 0 aromatic rings. The highest BCUT2D eigenvalue weighted by atomic mass is 16.6. The van der Waals surface area contributed by atoms with Gasteiger partial charge in [0.25, 0.3) is 0 Å². The molecule has 1 saturated heterocycles. The van der Waals surface area contributed by atoms with E-state index in [2.05, 4.69) is 10.6 Å². The zero-order valence-corrected chi connectivity index (χ0v) is 9.22. The molecule has 2 N–H and O–H groups in total. The van der Waals surface area contributed by atoms with Crippen LogP contribution in [0, 0.1) is 0 Å². The normalized spacial score (nSPS) is 20.6. The Labute approximate surface area is 85.4 Å². The Bertz CT molecular complexity index is 198. The van der Waals surface area contributed by atoms with Crippen molar-refractivity contribution in [1.29, 1.82) is 0 Å². The van der Waals surface area contributed by atoms with Gasteiger partial charge in [-0.2, -0.15) is 0 Å². The summed E-state index contributed by atoms with van der Waals surface area (Å²) in [4.78, 5) is 11.4. The average molecular weight is 200 g/mol. The van der Waals surface area contributed by atoms with Gasteiger partial charge < -0.3 is 15.4 Å². The first-order valence-electron chi connectivity index (χ1n) is 5.22. The number of carbonyl (C=O) groups is 1. The SMILES string of the molecule is CC(C)NC(=O)OC1(C)CCNCC1. The van der Waals surface area contributed by atoms with Gasteiger partial charge in [-0.3, -0.25) is 0 Å². The molecule has 1 aliphatic rings. The second-order valence-electron chi connectivity index (χ2n) is 4.39. The van der Waals surface area contributed by atoms with Crippen LogP contribution in [0.15, 0.2) is 0 Å². The van der Waals surface area contributed by atoms with Gasteiger partial charge >= 0.3 is 6.09 Å². The van der Waals surface area contributed by atoms with E-state index in [1.165, 1.54) is 0 Å². The van der Waals surface area contributed by atoms with E-state index in [-0.39, 0.29) is 17.7 Å². The van der Waals surface area contributed by atoms with Gasteiger partial charge in [-0.15, -0.1) is 0 Å². The molecule has 4 heteroatoms. The third-order valence-electron chi connectivity index (χ3n) is 2.41. The highest BCUT2D eigenvalue weighted by molar-refractivity contribution is 5.68. The molecule has 14 heavy (non-hydrogen) atoms. The maximum absolute atomic E-state index is 11.4. The highest BCUT2D eigenvalue weighted by Crippen LogP contribution is 2.22. The lowest BCUT2D eigenvalue weighted by molar-refractivity contribution is 0.00203. The molecule has 0 spiro atoms. The third kappa shape index (κ3) is 3.54. The first-order valence-corrected chi connectivity index (χ1v) is 5.22. The molecule has 1 heterocycles. The van der Waals surface area contributed by atoms with Crippen molar-refractivity contribution in [3.05, 3.63) is 0 Å². The van der Waals surface area contributed by atoms with Gasteiger partial charge in [0.1, 0.15) is 5.60 Å². The number of amides is 1. The van der Waals surface area contributed by atoms with Crippen LogP contribution >= 0.6 is 0 Å². The molecule has 82 valence electrons. The highest BCUT2D eigenvalue weighted by Gasteiger charge is 2.30. The van der Waals surface area contributed by atoms with Crippen molar-refractivity contribution >= 4 is 6.09 Å². The first-order chi connectivity index (χ1) is 6.52. The Morgan fingerprint density at radius 2 is 2.00 bits per heavy atom. The number of piperidine rings is 1. The molecule has 1 rings (SSSR count). The van der Waals surface area contributed by atoms with Gasteiger partial charge in [-0.1, -0.05) is 0 Å². The Morgan fingerprint density at radius 1 is 1.43 bits per heavy atom. The second kappa shape index (κ2) is 4.64. The standard InChI is InChI=1S/C10H20N2O2/c1-8(2)12-9(13)14-10(3)4-6-11-7-5-10/h8,11H,4-7H2,1-3H3,(H,12,13). The maximum Gasteiger partial charge on any atom is 0.407 e. The lowest BCUT2D eigenvalue weighted by atomic mass is 9.95. The molecule has 0 radical (unpaired) electrons. The average Bonchev–Trinajstić information content (AvgIpc) is 2.02. The van der Waals surface area contributed by atoms with E-state index < -0.39 is 0 Å². The summed E-state index contributed by atoms with van der Waals surface area (Å²) < 4.78 is 5.40. The number of rotatable bonds is 2. The Hall–Kier alpha value is -0.770. The minimum atomic E-state index is -0.301. The minimum Gasteiger partial charge on any atom is -0.443 e. The summed E-state index contributed by atoms with van der Waals surface area (Å²) in [7, 11) is 0. The van der Waals surface area contributed by atoms with Crippen molar-refractivity contribution in [3.63, 3.8) is 0 Å². The fraction of sp³-hybridized carbons (Fsp3) is 0.900. The van der Waals surface area contributed by atoms with E-state index in [0.29, 0.717) is 0 Å². The topological polar surface area (TPSA) is 50.4 Å². The molecule has 0 aromatic carbocycles. The predicted molar refractivity (Wildman–Crippen MR) is 55.3 cm³/mol. The van der Waals surface area contributed by atoms with Crippen molar-refractivity contribution in [2.45, 2.75) is 45.3 Å². The van der Waals surface area contributed by atoms with Crippen molar-refractivity contribution in [1.82, 2.24) is 10.6 Å². The van der Waals surface area contributed by atoms with Gasteiger partial charge in [-0.05, 0) is 46.7 Å². The van der Waals surface area contributed by atoms with E-state index in [4.69, 9.17) is 4.74 Å². The van der Waals surface area contributed by atoms with E-state index in [9.17, 15) is 4.79 Å². The van der Waals surface area contributed by atoms with E-state index >= 15 is 0 Å². The van der Waals surface area contributed by atoms with Crippen LogP contribution in [0.5, 0.6) is 0 Å². The van der Waals surface area contributed by atoms with Crippen molar-refractivity contribution in [3.8, 4) is 0 Å². The molecule has 0 saturated carbocycles. The summed E-state index contributed by atoms with van der Waals surface area (Å²) in [6.45, 7) is 7.68. The molecule has 1 aliphatic heterocycles. The van der Waals surface area contributed by atoms with Crippen LogP contribution in [-0.4, -0.2) is 30.8 Å². The van der Waals surface area contributed by atoms with Gasteiger partial charge in [0, 0.05) is 6.04 Å². The van der Waals surface area contributed by atoms with Crippen LogP contribution in [0.3, 0.4) is 0 Å². The Balaban J connectivity index is 2.37. The first kappa shape index (κ1) is 11.3. The van der Waals surface area contributed by atoms with Crippen LogP contribution in [0.4, 0.5) is 4.79 Å². The third-order valence-corrected chi connectivity index (χ3v) is 2.41. The monoisotopic (exact) mass is 200 g/mol. The molecular weight excluding hydrogens is 180 g/mol. The zero-order valence-electron chi connectivity index (χ0n) is 9.22. The maximum atomic E-state index is 11.4. The molecular formula is C10H20N2O2. The number of hydrogen-bond acceptors (Lipinski definition) is 3. The van der Waals surface area contributed by atoms with E-state index in [1.807, 2.05) is 20.8 Å². The van der Waals surface area contributed by atoms with Gasteiger partial charge in [0.15, 0.2) is 0 Å². The predicted octanol–water partition coefficient (Wildman–Crippen LogP) is 1.26. The van der Waals surface area contributed by atoms with Crippen LogP contribution in [0.25, 0.3) is 0 Å². The summed E-state index contributed by atoms with van der Waals surface area (Å²) >= 11 is 0. The number of hydrogen-bond donors (Lipinski definition) is 2. The second-order valence-corrected chi connectivity index (χ2v) is 4.39. The van der Waals surface area contributed by atoms with Crippen LogP contribution in [-0.2, 0) is 4.74 Å². The molecule has 0 aliphatic carbocycles. The molecule has 1 amide bonds. The van der Waals surface area contributed by atoms with Crippen molar-refractivity contribution in [2.75, 3.05) is 13.1 Å². The van der Waals surface area contributed by atoms with Crippen LogP contribution in [0.2, 0.25) is 0 Å². The Kier molecular flexibility index (Phi) is 3.75. The summed E-state index contributed by atoms with van der Waals surface area (Å²) in [5, 5.41) is 5.98. The summed E-state index contributed by atoms with van der Waals surface area (Å²) in [5.74, 6) is 0.